The molecule has 3 fully saturated rings. The summed E-state index contributed by atoms with van der Waals surface area (Å²) in [7, 11) is 1.86. The molecule has 7 rings (SSSR count). The molecule has 0 radical (unpaired) electrons. The van der Waals surface area contributed by atoms with Crippen LogP contribution in [0.5, 0.6) is 5.75 Å². The predicted molar refractivity (Wildman–Crippen MR) is 139 cm³/mol. The number of rotatable bonds is 6. The molecule has 4 aliphatic heterocycles. The number of nitrogens with zero attached hydrogens (tertiary/aromatic N) is 6. The summed E-state index contributed by atoms with van der Waals surface area (Å²) in [6.07, 6.45) is 2.55. The highest BCUT2D eigenvalue weighted by atomic mass is 19.1. The summed E-state index contributed by atoms with van der Waals surface area (Å²) in [5.74, 6) is 0.419. The van der Waals surface area contributed by atoms with Crippen molar-refractivity contribution in [1.82, 2.24) is 19.8 Å². The highest BCUT2D eigenvalue weighted by Gasteiger charge is 2.57. The number of aromatic nitrogens is 2. The van der Waals surface area contributed by atoms with Gasteiger partial charge in [0.25, 0.3) is 0 Å². The van der Waals surface area contributed by atoms with E-state index in [1.165, 1.54) is 17.2 Å². The van der Waals surface area contributed by atoms with Crippen LogP contribution in [0.2, 0.25) is 0 Å². The molecular weight excluding hydrogens is 521 g/mol. The number of pyridine rings is 2. The molecule has 40 heavy (non-hydrogen) atoms. The number of carbonyl (C=O) groups excluding carboxylic acids is 3. The lowest BCUT2D eigenvalue weighted by Crippen LogP contribution is -2.60. The normalized spacial score (nSPS) is 25.6. The van der Waals surface area contributed by atoms with E-state index in [1.807, 2.05) is 18.0 Å². The number of halogens is 1. The van der Waals surface area contributed by atoms with Gasteiger partial charge in [-0.1, -0.05) is 0 Å². The number of aldehydes is 1. The first-order valence-corrected chi connectivity index (χ1v) is 13.2. The van der Waals surface area contributed by atoms with Crippen LogP contribution in [0.3, 0.4) is 0 Å². The van der Waals surface area contributed by atoms with E-state index in [9.17, 15) is 19.6 Å². The van der Waals surface area contributed by atoms with Crippen LogP contribution in [-0.2, 0) is 21.7 Å². The molecule has 2 saturated heterocycles. The fourth-order valence-electron chi connectivity index (χ4n) is 5.67. The number of ether oxygens (including phenoxy) is 2. The lowest BCUT2D eigenvalue weighted by molar-refractivity contribution is -0.136. The van der Waals surface area contributed by atoms with Crippen LogP contribution in [0.4, 0.5) is 20.8 Å². The maximum Gasteiger partial charge on any atom is 0.328 e. The number of urea groups is 1. The van der Waals surface area contributed by atoms with Gasteiger partial charge in [-0.3, -0.25) is 24.7 Å². The molecule has 2 bridgehead atoms. The first kappa shape index (κ1) is 26.1. The number of hydrogen-bond acceptors (Lipinski definition) is 9. The van der Waals surface area contributed by atoms with Gasteiger partial charge in [0, 0.05) is 62.1 Å². The van der Waals surface area contributed by atoms with Crippen molar-refractivity contribution < 1.29 is 28.2 Å². The summed E-state index contributed by atoms with van der Waals surface area (Å²) in [5.41, 5.74) is -0.716. The second kappa shape index (κ2) is 10.1. The second-order valence-corrected chi connectivity index (χ2v) is 10.7. The molecule has 5 aliphatic rings. The molecule has 3 amide bonds. The van der Waals surface area contributed by atoms with Crippen molar-refractivity contribution in [1.29, 1.82) is 5.26 Å². The Hall–Kier alpha value is -4.15. The first-order valence-electron chi connectivity index (χ1n) is 13.2. The Balaban J connectivity index is 1.27. The van der Waals surface area contributed by atoms with Gasteiger partial charge in [0.15, 0.2) is 6.29 Å². The summed E-state index contributed by atoms with van der Waals surface area (Å²) < 4.78 is 27.0. The number of carbonyl (C=O) groups is 3. The smallest absolute Gasteiger partial charge is 0.328 e. The molecule has 0 spiro atoms. The van der Waals surface area contributed by atoms with Crippen LogP contribution < -0.4 is 15.0 Å². The second-order valence-electron chi connectivity index (χ2n) is 10.7. The molecule has 1 N–H and O–H groups in total. The molecule has 12 nitrogen and oxygen atoms in total. The minimum absolute atomic E-state index is 0.0548. The SMILES string of the molecule is CN1CCN(Cc2cc3c(nc2C=O)N(C(=O)Nc2cc(OC4CCOC4)c(C#N)cn2)C2CC3(F)C2)C(=O)C1. The molecule has 1 unspecified atom stereocenters. The fourth-order valence-corrected chi connectivity index (χ4v) is 5.67. The quantitative estimate of drug-likeness (QED) is 0.536. The van der Waals surface area contributed by atoms with E-state index in [2.05, 4.69) is 15.3 Å². The largest absolute Gasteiger partial charge is 0.486 e. The Kier molecular flexibility index (Phi) is 6.59. The van der Waals surface area contributed by atoms with E-state index in [-0.39, 0.29) is 72.1 Å². The van der Waals surface area contributed by atoms with Crippen molar-refractivity contribution in [3.8, 4) is 11.8 Å². The maximum atomic E-state index is 15.8. The fraction of sp³-hybridized carbons (Fsp3) is 0.481. The number of amides is 3. The Labute approximate surface area is 229 Å². The average Bonchev–Trinajstić information content (AvgIpc) is 3.42. The number of nitrogens with one attached hydrogen (secondary N) is 1. The first-order chi connectivity index (χ1) is 19.3. The number of piperazine rings is 1. The van der Waals surface area contributed by atoms with Gasteiger partial charge in [-0.15, -0.1) is 0 Å². The lowest BCUT2D eigenvalue weighted by Gasteiger charge is -2.52. The number of anilines is 2. The molecule has 2 aromatic heterocycles. The van der Waals surface area contributed by atoms with E-state index in [0.717, 1.165) is 0 Å². The van der Waals surface area contributed by atoms with Gasteiger partial charge in [0.2, 0.25) is 5.91 Å². The van der Waals surface area contributed by atoms with Crippen LogP contribution in [0.25, 0.3) is 0 Å². The Bertz CT molecular complexity index is 1420. The Morgan fingerprint density at radius 1 is 1.38 bits per heavy atom. The number of nitriles is 1. The minimum atomic E-state index is -1.66. The summed E-state index contributed by atoms with van der Waals surface area (Å²) in [6, 6.07) is 4.04. The van der Waals surface area contributed by atoms with Crippen molar-refractivity contribution in [3.63, 3.8) is 0 Å². The molecule has 1 atom stereocenters. The lowest BCUT2D eigenvalue weighted by atomic mass is 9.68. The molecule has 0 aromatic carbocycles. The summed E-state index contributed by atoms with van der Waals surface area (Å²) in [5, 5.41) is 12.2. The number of hydrogen-bond donors (Lipinski definition) is 1. The van der Waals surface area contributed by atoms with Gasteiger partial charge in [-0.05, 0) is 13.1 Å². The van der Waals surface area contributed by atoms with Crippen LogP contribution >= 0.6 is 0 Å². The molecular formula is C27H28FN7O5. The third kappa shape index (κ3) is 4.63. The molecule has 13 heteroatoms. The minimum Gasteiger partial charge on any atom is -0.486 e. The highest BCUT2D eigenvalue weighted by molar-refractivity contribution is 6.03. The zero-order valence-electron chi connectivity index (χ0n) is 21.9. The van der Waals surface area contributed by atoms with Gasteiger partial charge in [-0.25, -0.2) is 19.2 Å². The van der Waals surface area contributed by atoms with E-state index in [0.29, 0.717) is 44.6 Å². The average molecular weight is 550 g/mol. The van der Waals surface area contributed by atoms with Gasteiger partial charge < -0.3 is 14.4 Å². The van der Waals surface area contributed by atoms with E-state index in [1.54, 1.807) is 11.0 Å². The van der Waals surface area contributed by atoms with Crippen molar-refractivity contribution in [2.45, 2.75) is 43.6 Å². The Morgan fingerprint density at radius 3 is 2.90 bits per heavy atom. The number of alkyl halides is 1. The summed E-state index contributed by atoms with van der Waals surface area (Å²) >= 11 is 0. The van der Waals surface area contributed by atoms with Crippen molar-refractivity contribution in [2.75, 3.05) is 50.1 Å². The highest BCUT2D eigenvalue weighted by Crippen LogP contribution is 2.56. The number of likely N-dealkylation sites (N-methyl/N-ethyl adjacent to an activating group) is 1. The zero-order valence-corrected chi connectivity index (χ0v) is 21.9. The molecule has 1 saturated carbocycles. The van der Waals surface area contributed by atoms with Gasteiger partial charge in [0.05, 0.1) is 26.0 Å². The summed E-state index contributed by atoms with van der Waals surface area (Å²) in [4.78, 5) is 51.5. The van der Waals surface area contributed by atoms with Crippen LogP contribution in [0, 0.1) is 11.3 Å². The topological polar surface area (TPSA) is 141 Å². The van der Waals surface area contributed by atoms with Crippen molar-refractivity contribution >= 4 is 29.9 Å². The summed E-state index contributed by atoms with van der Waals surface area (Å²) in [6.45, 7) is 2.55. The molecule has 1 aliphatic carbocycles. The third-order valence-electron chi connectivity index (χ3n) is 7.91. The van der Waals surface area contributed by atoms with Gasteiger partial charge >= 0.3 is 6.03 Å². The molecule has 208 valence electrons. The van der Waals surface area contributed by atoms with Gasteiger partial charge in [-0.2, -0.15) is 5.26 Å². The molecule has 2 aromatic rings. The standard InChI is InChI=1S/C27H28FN7O5/c1-33-3-4-34(24(37)13-33)12-16-6-20-25(31-21(16)14-36)35(18-8-27(20,28)9-18)26(38)32-23-7-22(17(10-29)11-30-23)40-19-2-5-39-15-19/h6-7,11,14,18-19H,2-5,8-9,12-13,15H2,1H3,(H,30,32,38). The predicted octanol–water partition coefficient (Wildman–Crippen LogP) is 1.98. The van der Waals surface area contributed by atoms with Crippen LogP contribution in [0.15, 0.2) is 18.3 Å². The van der Waals surface area contributed by atoms with Crippen LogP contribution in [0.1, 0.15) is 46.4 Å². The van der Waals surface area contributed by atoms with Crippen molar-refractivity contribution in [2.24, 2.45) is 0 Å². The van der Waals surface area contributed by atoms with E-state index >= 15 is 4.39 Å². The third-order valence-corrected chi connectivity index (χ3v) is 7.91. The monoisotopic (exact) mass is 549 g/mol. The van der Waals surface area contributed by atoms with E-state index in [4.69, 9.17) is 9.47 Å². The van der Waals surface area contributed by atoms with Crippen LogP contribution in [-0.4, -0.2) is 90.0 Å². The zero-order chi connectivity index (χ0) is 28.0. The van der Waals surface area contributed by atoms with Crippen molar-refractivity contribution in [3.05, 3.63) is 40.7 Å². The maximum absolute atomic E-state index is 15.8. The molecule has 6 heterocycles. The van der Waals surface area contributed by atoms with E-state index < -0.39 is 17.7 Å². The van der Waals surface area contributed by atoms with Gasteiger partial charge in [0.1, 0.15) is 46.5 Å². The Morgan fingerprint density at radius 2 is 2.20 bits per heavy atom.